The van der Waals surface area contributed by atoms with Gasteiger partial charge in [0.2, 0.25) is 0 Å². The molecule has 100 valence electrons. The second-order valence-electron chi connectivity index (χ2n) is 5.52. The monoisotopic (exact) mass is 241 g/mol. The lowest BCUT2D eigenvalue weighted by Gasteiger charge is -2.31. The van der Waals surface area contributed by atoms with Crippen molar-refractivity contribution in [2.75, 3.05) is 53.0 Å². The van der Waals surface area contributed by atoms with Crippen LogP contribution in [-0.2, 0) is 4.74 Å². The van der Waals surface area contributed by atoms with Crippen molar-refractivity contribution >= 4 is 0 Å². The predicted octanol–water partition coefficient (Wildman–Crippen LogP) is 0.391. The lowest BCUT2D eigenvalue weighted by molar-refractivity contribution is 0.0678. The molecule has 2 atom stereocenters. The zero-order valence-corrected chi connectivity index (χ0v) is 11.3. The van der Waals surface area contributed by atoms with Crippen LogP contribution in [0.25, 0.3) is 0 Å². The van der Waals surface area contributed by atoms with Crippen LogP contribution in [-0.4, -0.2) is 74.9 Å². The van der Waals surface area contributed by atoms with E-state index in [1.54, 1.807) is 0 Å². The predicted molar refractivity (Wildman–Crippen MR) is 70.4 cm³/mol. The van der Waals surface area contributed by atoms with Crippen molar-refractivity contribution in [3.05, 3.63) is 0 Å². The molecule has 2 aliphatic heterocycles. The zero-order valence-electron chi connectivity index (χ0n) is 11.3. The van der Waals surface area contributed by atoms with E-state index in [4.69, 9.17) is 4.74 Å². The number of hydrogen-bond acceptors (Lipinski definition) is 4. The summed E-state index contributed by atoms with van der Waals surface area (Å²) in [6, 6.07) is 1.25. The molecule has 1 N–H and O–H groups in total. The van der Waals surface area contributed by atoms with Gasteiger partial charge in [-0.1, -0.05) is 0 Å². The molecule has 0 saturated carbocycles. The second kappa shape index (κ2) is 6.69. The van der Waals surface area contributed by atoms with E-state index in [9.17, 15) is 0 Å². The van der Waals surface area contributed by atoms with Crippen LogP contribution in [0.15, 0.2) is 0 Å². The van der Waals surface area contributed by atoms with Gasteiger partial charge in [-0.05, 0) is 39.9 Å². The second-order valence-corrected chi connectivity index (χ2v) is 5.52. The Morgan fingerprint density at radius 2 is 2.24 bits per heavy atom. The molecule has 2 rings (SSSR count). The van der Waals surface area contributed by atoms with Gasteiger partial charge in [0.15, 0.2) is 0 Å². The largest absolute Gasteiger partial charge is 0.379 e. The molecule has 2 fully saturated rings. The Morgan fingerprint density at radius 3 is 3.00 bits per heavy atom. The molecule has 0 spiro atoms. The van der Waals surface area contributed by atoms with Crippen LogP contribution >= 0.6 is 0 Å². The molecule has 2 unspecified atom stereocenters. The van der Waals surface area contributed by atoms with Crippen molar-refractivity contribution in [2.24, 2.45) is 0 Å². The normalized spacial score (nSPS) is 33.5. The van der Waals surface area contributed by atoms with E-state index in [0.29, 0.717) is 12.1 Å². The Labute approximate surface area is 105 Å². The number of nitrogens with one attached hydrogen (secondary N) is 1. The van der Waals surface area contributed by atoms with E-state index in [-0.39, 0.29) is 0 Å². The van der Waals surface area contributed by atoms with Gasteiger partial charge in [0.1, 0.15) is 0 Å². The summed E-state index contributed by atoms with van der Waals surface area (Å²) in [7, 11) is 2.23. The summed E-state index contributed by atoms with van der Waals surface area (Å²) in [6.45, 7) is 10.0. The van der Waals surface area contributed by atoms with E-state index >= 15 is 0 Å². The summed E-state index contributed by atoms with van der Waals surface area (Å²) in [5, 5.41) is 3.54. The maximum atomic E-state index is 5.50. The number of hydrogen-bond donors (Lipinski definition) is 1. The van der Waals surface area contributed by atoms with Crippen LogP contribution in [0.1, 0.15) is 19.8 Å². The fourth-order valence-corrected chi connectivity index (χ4v) is 2.88. The van der Waals surface area contributed by atoms with Crippen LogP contribution in [0.2, 0.25) is 0 Å². The van der Waals surface area contributed by atoms with E-state index < -0.39 is 0 Å². The van der Waals surface area contributed by atoms with Gasteiger partial charge in [-0.15, -0.1) is 0 Å². The Kier molecular flexibility index (Phi) is 5.22. The van der Waals surface area contributed by atoms with Crippen LogP contribution < -0.4 is 5.32 Å². The van der Waals surface area contributed by atoms with Gasteiger partial charge in [0, 0.05) is 31.7 Å². The van der Waals surface area contributed by atoms with Crippen molar-refractivity contribution in [2.45, 2.75) is 31.8 Å². The molecular formula is C13H27N3O. The first-order valence-electron chi connectivity index (χ1n) is 6.99. The molecule has 2 heterocycles. The Bertz CT molecular complexity index is 219. The fourth-order valence-electron chi connectivity index (χ4n) is 2.88. The molecule has 0 aliphatic carbocycles. The Morgan fingerprint density at radius 1 is 1.35 bits per heavy atom. The van der Waals surface area contributed by atoms with Gasteiger partial charge in [0.25, 0.3) is 0 Å². The molecule has 0 aromatic heterocycles. The van der Waals surface area contributed by atoms with Crippen molar-refractivity contribution in [3.63, 3.8) is 0 Å². The Balaban J connectivity index is 1.73. The highest BCUT2D eigenvalue weighted by Crippen LogP contribution is 2.10. The number of nitrogens with zero attached hydrogens (tertiary/aromatic N) is 2. The number of ether oxygens (including phenoxy) is 1. The lowest BCUT2D eigenvalue weighted by atomic mass is 10.1. The number of rotatable bonds is 3. The van der Waals surface area contributed by atoms with Gasteiger partial charge in [-0.25, -0.2) is 0 Å². The maximum absolute atomic E-state index is 5.50. The third-order valence-corrected chi connectivity index (χ3v) is 3.95. The molecule has 2 saturated heterocycles. The molecule has 0 aromatic carbocycles. The average molecular weight is 241 g/mol. The van der Waals surface area contributed by atoms with E-state index in [1.165, 1.54) is 39.0 Å². The zero-order chi connectivity index (χ0) is 12.1. The minimum absolute atomic E-state index is 0.567. The molecule has 2 aliphatic rings. The van der Waals surface area contributed by atoms with Crippen LogP contribution in [0.5, 0.6) is 0 Å². The first kappa shape index (κ1) is 13.3. The third kappa shape index (κ3) is 4.21. The van der Waals surface area contributed by atoms with Crippen LogP contribution in [0.4, 0.5) is 0 Å². The molecular weight excluding hydrogens is 214 g/mol. The standard InChI is InChI=1S/C13H27N3O/c1-12-10-15(2)6-3-7-16(12)8-4-13-11-17-9-5-14-13/h12-14H,3-11H2,1-2H3. The molecule has 0 amide bonds. The maximum Gasteiger partial charge on any atom is 0.0620 e. The summed E-state index contributed by atoms with van der Waals surface area (Å²) < 4.78 is 5.50. The van der Waals surface area contributed by atoms with Crippen LogP contribution in [0, 0.1) is 0 Å². The van der Waals surface area contributed by atoms with Crippen LogP contribution in [0.3, 0.4) is 0 Å². The number of likely N-dealkylation sites (N-methyl/N-ethyl adjacent to an activating group) is 1. The minimum Gasteiger partial charge on any atom is -0.379 e. The molecule has 4 heteroatoms. The topological polar surface area (TPSA) is 27.7 Å². The molecule has 4 nitrogen and oxygen atoms in total. The summed E-state index contributed by atoms with van der Waals surface area (Å²) in [5.41, 5.74) is 0. The smallest absolute Gasteiger partial charge is 0.0620 e. The first-order chi connectivity index (χ1) is 8.25. The highest BCUT2D eigenvalue weighted by atomic mass is 16.5. The van der Waals surface area contributed by atoms with Crippen molar-refractivity contribution in [1.82, 2.24) is 15.1 Å². The molecule has 0 bridgehead atoms. The van der Waals surface area contributed by atoms with E-state index in [1.807, 2.05) is 0 Å². The van der Waals surface area contributed by atoms with Crippen molar-refractivity contribution in [1.29, 1.82) is 0 Å². The van der Waals surface area contributed by atoms with Gasteiger partial charge in [-0.3, -0.25) is 4.90 Å². The molecule has 17 heavy (non-hydrogen) atoms. The van der Waals surface area contributed by atoms with Gasteiger partial charge in [0.05, 0.1) is 13.2 Å². The lowest BCUT2D eigenvalue weighted by Crippen LogP contribution is -2.45. The van der Waals surface area contributed by atoms with Crippen molar-refractivity contribution < 1.29 is 4.74 Å². The summed E-state index contributed by atoms with van der Waals surface area (Å²) >= 11 is 0. The summed E-state index contributed by atoms with van der Waals surface area (Å²) in [5.74, 6) is 0. The number of morpholine rings is 1. The average Bonchev–Trinajstić information content (AvgIpc) is 2.49. The van der Waals surface area contributed by atoms with Crippen molar-refractivity contribution in [3.8, 4) is 0 Å². The Hall–Kier alpha value is -0.160. The quantitative estimate of drug-likeness (QED) is 0.774. The SMILES string of the molecule is CC1CN(C)CCCN1CCC1COCCN1. The third-order valence-electron chi connectivity index (χ3n) is 3.95. The first-order valence-corrected chi connectivity index (χ1v) is 6.99. The van der Waals surface area contributed by atoms with E-state index in [2.05, 4.69) is 29.1 Å². The van der Waals surface area contributed by atoms with E-state index in [0.717, 1.165) is 19.8 Å². The molecule has 0 radical (unpaired) electrons. The summed E-state index contributed by atoms with van der Waals surface area (Å²) in [6.07, 6.45) is 2.52. The summed E-state index contributed by atoms with van der Waals surface area (Å²) in [4.78, 5) is 5.09. The molecule has 0 aromatic rings. The van der Waals surface area contributed by atoms with Gasteiger partial charge >= 0.3 is 0 Å². The highest BCUT2D eigenvalue weighted by molar-refractivity contribution is 4.78. The minimum atomic E-state index is 0.567. The fraction of sp³-hybridized carbons (Fsp3) is 1.00. The highest BCUT2D eigenvalue weighted by Gasteiger charge is 2.21. The van der Waals surface area contributed by atoms with Gasteiger partial charge in [-0.2, -0.15) is 0 Å². The van der Waals surface area contributed by atoms with Gasteiger partial charge < -0.3 is 15.0 Å².